The molecule has 0 bridgehead atoms. The Hall–Kier alpha value is -2.09. The smallest absolute Gasteiger partial charge is 0.362 e. The first-order chi connectivity index (χ1) is 10.9. The van der Waals surface area contributed by atoms with Crippen LogP contribution in [0, 0.1) is 0 Å². The van der Waals surface area contributed by atoms with Crippen molar-refractivity contribution in [2.45, 2.75) is 26.1 Å². The van der Waals surface area contributed by atoms with Gasteiger partial charge in [0, 0.05) is 12.7 Å². The van der Waals surface area contributed by atoms with Crippen LogP contribution in [0.5, 0.6) is 0 Å². The standard InChI is InChI=1S/C15H17F3N4S/c1-2-6-19-14(23)21-13-8-20-22(10-13)9-11-4-3-5-12(7-11)15(16,17)18/h3-5,7-8,10H,2,6,9H2,1H3,(H2,19,21,23). The molecule has 1 aromatic heterocycles. The number of benzene rings is 1. The van der Waals surface area contributed by atoms with Crippen LogP contribution in [0.1, 0.15) is 24.5 Å². The first-order valence-corrected chi connectivity index (χ1v) is 7.52. The van der Waals surface area contributed by atoms with Gasteiger partial charge in [-0.15, -0.1) is 0 Å². The van der Waals surface area contributed by atoms with E-state index in [0.29, 0.717) is 16.4 Å². The molecule has 2 rings (SSSR count). The van der Waals surface area contributed by atoms with Crippen molar-refractivity contribution in [3.63, 3.8) is 0 Å². The lowest BCUT2D eigenvalue weighted by molar-refractivity contribution is -0.137. The normalized spacial score (nSPS) is 11.3. The van der Waals surface area contributed by atoms with Crippen LogP contribution in [-0.2, 0) is 12.7 Å². The summed E-state index contributed by atoms with van der Waals surface area (Å²) in [6, 6.07) is 5.21. The monoisotopic (exact) mass is 342 g/mol. The predicted molar refractivity (Wildman–Crippen MR) is 87.3 cm³/mol. The Bertz CT molecular complexity index is 667. The van der Waals surface area contributed by atoms with Crippen molar-refractivity contribution in [3.8, 4) is 0 Å². The molecule has 0 aliphatic heterocycles. The number of alkyl halides is 3. The van der Waals surface area contributed by atoms with Gasteiger partial charge < -0.3 is 10.6 Å². The second-order valence-electron chi connectivity index (χ2n) is 5.01. The van der Waals surface area contributed by atoms with Crippen molar-refractivity contribution in [2.75, 3.05) is 11.9 Å². The molecule has 0 atom stereocenters. The first-order valence-electron chi connectivity index (χ1n) is 7.12. The van der Waals surface area contributed by atoms with E-state index in [0.717, 1.165) is 25.1 Å². The van der Waals surface area contributed by atoms with E-state index in [9.17, 15) is 13.2 Å². The van der Waals surface area contributed by atoms with Crippen molar-refractivity contribution >= 4 is 23.0 Å². The van der Waals surface area contributed by atoms with Crippen LogP contribution >= 0.6 is 12.2 Å². The second kappa shape index (κ2) is 7.45. The van der Waals surface area contributed by atoms with Gasteiger partial charge >= 0.3 is 6.18 Å². The van der Waals surface area contributed by atoms with Gasteiger partial charge in [-0.25, -0.2) is 0 Å². The minimum absolute atomic E-state index is 0.251. The highest BCUT2D eigenvalue weighted by molar-refractivity contribution is 7.80. The largest absolute Gasteiger partial charge is 0.416 e. The molecular formula is C15H17F3N4S. The second-order valence-corrected chi connectivity index (χ2v) is 5.41. The van der Waals surface area contributed by atoms with Gasteiger partial charge in [-0.3, -0.25) is 4.68 Å². The van der Waals surface area contributed by atoms with E-state index in [4.69, 9.17) is 12.2 Å². The highest BCUT2D eigenvalue weighted by Crippen LogP contribution is 2.29. The highest BCUT2D eigenvalue weighted by Gasteiger charge is 2.30. The topological polar surface area (TPSA) is 41.9 Å². The number of aromatic nitrogens is 2. The number of nitrogens with one attached hydrogen (secondary N) is 2. The Labute approximate surface area is 137 Å². The number of rotatable bonds is 5. The van der Waals surface area contributed by atoms with E-state index in [1.165, 1.54) is 6.07 Å². The molecule has 0 saturated heterocycles. The quantitative estimate of drug-likeness (QED) is 0.814. The molecule has 4 nitrogen and oxygen atoms in total. The molecule has 0 aliphatic rings. The van der Waals surface area contributed by atoms with Crippen molar-refractivity contribution in [1.29, 1.82) is 0 Å². The van der Waals surface area contributed by atoms with E-state index in [1.807, 2.05) is 6.92 Å². The van der Waals surface area contributed by atoms with Gasteiger partial charge in [0.05, 0.1) is 24.0 Å². The minimum Gasteiger partial charge on any atom is -0.362 e. The molecular weight excluding hydrogens is 325 g/mol. The third-order valence-electron chi connectivity index (χ3n) is 3.03. The number of thiocarbonyl (C=S) groups is 1. The fraction of sp³-hybridized carbons (Fsp3) is 0.333. The summed E-state index contributed by atoms with van der Waals surface area (Å²) in [4.78, 5) is 0. The maximum atomic E-state index is 12.7. The minimum atomic E-state index is -4.34. The lowest BCUT2D eigenvalue weighted by Crippen LogP contribution is -2.28. The zero-order chi connectivity index (χ0) is 16.9. The molecule has 0 amide bonds. The van der Waals surface area contributed by atoms with Gasteiger partial charge in [-0.2, -0.15) is 18.3 Å². The zero-order valence-electron chi connectivity index (χ0n) is 12.5. The van der Waals surface area contributed by atoms with Crippen LogP contribution in [0.2, 0.25) is 0 Å². The summed E-state index contributed by atoms with van der Waals surface area (Å²) in [6.45, 7) is 3.05. The number of halogens is 3. The van der Waals surface area contributed by atoms with E-state index in [-0.39, 0.29) is 6.54 Å². The summed E-state index contributed by atoms with van der Waals surface area (Å²) < 4.78 is 39.7. The van der Waals surface area contributed by atoms with Crippen LogP contribution in [0.4, 0.5) is 18.9 Å². The number of hydrogen-bond acceptors (Lipinski definition) is 2. The van der Waals surface area contributed by atoms with Gasteiger partial charge in [-0.1, -0.05) is 19.1 Å². The van der Waals surface area contributed by atoms with E-state index >= 15 is 0 Å². The molecule has 2 aromatic rings. The van der Waals surface area contributed by atoms with Crippen molar-refractivity contribution in [1.82, 2.24) is 15.1 Å². The van der Waals surface area contributed by atoms with Crippen molar-refractivity contribution in [2.24, 2.45) is 0 Å². The third kappa shape index (κ3) is 5.24. The Kier molecular flexibility index (Phi) is 5.59. The summed E-state index contributed by atoms with van der Waals surface area (Å²) in [5.41, 5.74) is 0.553. The highest BCUT2D eigenvalue weighted by atomic mass is 32.1. The van der Waals surface area contributed by atoms with E-state index in [2.05, 4.69) is 15.7 Å². The van der Waals surface area contributed by atoms with Crippen molar-refractivity contribution < 1.29 is 13.2 Å². The molecule has 1 aromatic carbocycles. The molecule has 0 radical (unpaired) electrons. The Morgan fingerprint density at radius 2 is 2.13 bits per heavy atom. The SMILES string of the molecule is CCCNC(=S)Nc1cnn(Cc2cccc(C(F)(F)F)c2)c1. The maximum Gasteiger partial charge on any atom is 0.416 e. The molecule has 0 fully saturated rings. The van der Waals surface area contributed by atoms with Crippen LogP contribution in [-0.4, -0.2) is 21.4 Å². The number of nitrogens with zero attached hydrogens (tertiary/aromatic N) is 2. The molecule has 8 heteroatoms. The number of hydrogen-bond donors (Lipinski definition) is 2. The van der Waals surface area contributed by atoms with Gasteiger partial charge in [-0.05, 0) is 36.3 Å². The fourth-order valence-electron chi connectivity index (χ4n) is 1.96. The average Bonchev–Trinajstić information content (AvgIpc) is 2.91. The molecule has 23 heavy (non-hydrogen) atoms. The third-order valence-corrected chi connectivity index (χ3v) is 3.27. The molecule has 0 spiro atoms. The van der Waals surface area contributed by atoms with Gasteiger partial charge in [0.25, 0.3) is 0 Å². The lowest BCUT2D eigenvalue weighted by Gasteiger charge is -2.09. The van der Waals surface area contributed by atoms with Gasteiger partial charge in [0.2, 0.25) is 0 Å². The maximum absolute atomic E-state index is 12.7. The lowest BCUT2D eigenvalue weighted by atomic mass is 10.1. The van der Waals surface area contributed by atoms with Crippen LogP contribution in [0.3, 0.4) is 0 Å². The van der Waals surface area contributed by atoms with Crippen molar-refractivity contribution in [3.05, 3.63) is 47.8 Å². The molecule has 1 heterocycles. The summed E-state index contributed by atoms with van der Waals surface area (Å²) in [7, 11) is 0. The van der Waals surface area contributed by atoms with Crippen LogP contribution < -0.4 is 10.6 Å². The summed E-state index contributed by atoms with van der Waals surface area (Å²) >= 11 is 5.11. The predicted octanol–water partition coefficient (Wildman–Crippen LogP) is 3.65. The van der Waals surface area contributed by atoms with Gasteiger partial charge in [0.1, 0.15) is 0 Å². The zero-order valence-corrected chi connectivity index (χ0v) is 13.3. The van der Waals surface area contributed by atoms with Crippen LogP contribution in [0.15, 0.2) is 36.7 Å². The summed E-state index contributed by atoms with van der Waals surface area (Å²) in [5.74, 6) is 0. The molecule has 2 N–H and O–H groups in total. The molecule has 0 unspecified atom stereocenters. The fourth-order valence-corrected chi connectivity index (χ4v) is 2.18. The first kappa shape index (κ1) is 17.3. The molecule has 124 valence electrons. The molecule has 0 aliphatic carbocycles. The molecule has 0 saturated carbocycles. The Balaban J connectivity index is 2.00. The van der Waals surface area contributed by atoms with Gasteiger partial charge in [0.15, 0.2) is 5.11 Å². The summed E-state index contributed by atoms with van der Waals surface area (Å²) in [6.07, 6.45) is -0.117. The van der Waals surface area contributed by atoms with E-state index < -0.39 is 11.7 Å². The Morgan fingerprint density at radius 1 is 1.35 bits per heavy atom. The average molecular weight is 342 g/mol. The van der Waals surface area contributed by atoms with E-state index in [1.54, 1.807) is 23.1 Å². The number of anilines is 1. The Morgan fingerprint density at radius 3 is 2.83 bits per heavy atom. The van der Waals surface area contributed by atoms with Crippen LogP contribution in [0.25, 0.3) is 0 Å². The summed E-state index contributed by atoms with van der Waals surface area (Å²) in [5, 5.41) is 10.6.